The molecule has 0 amide bonds. The van der Waals surface area contributed by atoms with Gasteiger partial charge in [0.15, 0.2) is 5.76 Å². The highest BCUT2D eigenvalue weighted by molar-refractivity contribution is 5.10. The molecule has 2 N–H and O–H groups in total. The number of nitrogens with two attached hydrogens (primary N) is 1. The second-order valence-electron chi connectivity index (χ2n) is 3.66. The highest BCUT2D eigenvalue weighted by atomic mass is 16.6. The van der Waals surface area contributed by atoms with Crippen LogP contribution in [-0.4, -0.2) is 13.2 Å². The maximum absolute atomic E-state index is 5.75. The summed E-state index contributed by atoms with van der Waals surface area (Å²) in [7, 11) is 0. The lowest BCUT2D eigenvalue weighted by molar-refractivity contribution is 0.0220. The van der Waals surface area contributed by atoms with E-state index >= 15 is 0 Å². The highest BCUT2D eigenvalue weighted by Crippen LogP contribution is 2.37. The van der Waals surface area contributed by atoms with Gasteiger partial charge in [0.25, 0.3) is 0 Å². The third-order valence-electron chi connectivity index (χ3n) is 2.92. The quantitative estimate of drug-likeness (QED) is 0.731. The first-order valence-corrected chi connectivity index (χ1v) is 4.90. The van der Waals surface area contributed by atoms with Gasteiger partial charge in [-0.15, -0.1) is 0 Å². The van der Waals surface area contributed by atoms with Crippen LogP contribution in [0.3, 0.4) is 0 Å². The third kappa shape index (κ3) is 1.90. The molecule has 1 aliphatic rings. The van der Waals surface area contributed by atoms with Crippen LogP contribution < -0.4 is 5.73 Å². The van der Waals surface area contributed by atoms with Crippen molar-refractivity contribution in [3.63, 3.8) is 0 Å². The van der Waals surface area contributed by atoms with Crippen LogP contribution in [-0.2, 0) is 9.47 Å². The molecule has 0 radical (unpaired) electrons. The van der Waals surface area contributed by atoms with Crippen molar-refractivity contribution in [2.75, 3.05) is 13.2 Å². The molecule has 0 fully saturated rings. The smallest absolute Gasteiger partial charge is 0.224 e. The largest absolute Gasteiger partial charge is 0.488 e. The van der Waals surface area contributed by atoms with Gasteiger partial charge < -0.3 is 15.2 Å². The van der Waals surface area contributed by atoms with Crippen molar-refractivity contribution in [2.24, 2.45) is 11.1 Å². The molecular weight excluding hydrogens is 166 g/mol. The molecule has 1 aliphatic heterocycles. The minimum absolute atomic E-state index is 0.0322. The summed E-state index contributed by atoms with van der Waals surface area (Å²) in [6, 6.07) is 0. The normalized spacial score (nSPS) is 18.1. The summed E-state index contributed by atoms with van der Waals surface area (Å²) < 4.78 is 10.8. The number of rotatable bonds is 3. The highest BCUT2D eigenvalue weighted by Gasteiger charge is 2.31. The molecule has 76 valence electrons. The zero-order chi connectivity index (χ0) is 9.90. The zero-order valence-corrected chi connectivity index (χ0v) is 8.72. The van der Waals surface area contributed by atoms with Crippen molar-refractivity contribution in [2.45, 2.75) is 33.6 Å². The second kappa shape index (κ2) is 3.90. The van der Waals surface area contributed by atoms with Crippen LogP contribution in [0, 0.1) is 5.41 Å². The Morgan fingerprint density at radius 2 is 1.77 bits per heavy atom. The number of ether oxygens (including phenoxy) is 2. The average Bonchev–Trinajstić information content (AvgIpc) is 2.17. The Bertz CT molecular complexity index is 207. The Balaban J connectivity index is 2.89. The number of hydrogen-bond acceptors (Lipinski definition) is 3. The molecule has 13 heavy (non-hydrogen) atoms. The fraction of sp³-hybridized carbons (Fsp3) is 0.800. The van der Waals surface area contributed by atoms with E-state index in [4.69, 9.17) is 15.2 Å². The van der Waals surface area contributed by atoms with Crippen LogP contribution in [0.15, 0.2) is 11.6 Å². The first-order chi connectivity index (χ1) is 6.14. The van der Waals surface area contributed by atoms with Crippen molar-refractivity contribution < 1.29 is 9.47 Å². The molecule has 0 saturated heterocycles. The van der Waals surface area contributed by atoms with Gasteiger partial charge in [-0.3, -0.25) is 0 Å². The summed E-state index contributed by atoms with van der Waals surface area (Å²) in [6.45, 7) is 7.62. The lowest BCUT2D eigenvalue weighted by Crippen LogP contribution is -2.29. The third-order valence-corrected chi connectivity index (χ3v) is 2.92. The molecule has 0 aromatic heterocycles. The molecule has 0 aromatic carbocycles. The van der Waals surface area contributed by atoms with Gasteiger partial charge in [0.05, 0.1) is 0 Å². The van der Waals surface area contributed by atoms with Crippen LogP contribution in [0.5, 0.6) is 0 Å². The first-order valence-electron chi connectivity index (χ1n) is 4.90. The zero-order valence-electron chi connectivity index (χ0n) is 8.72. The van der Waals surface area contributed by atoms with Gasteiger partial charge in [-0.2, -0.15) is 0 Å². The summed E-state index contributed by atoms with van der Waals surface area (Å²) in [5.41, 5.74) is 5.78. The molecular formula is C10H19NO2. The van der Waals surface area contributed by atoms with E-state index in [2.05, 4.69) is 20.8 Å². The van der Waals surface area contributed by atoms with E-state index in [1.165, 1.54) is 0 Å². The van der Waals surface area contributed by atoms with Crippen molar-refractivity contribution in [1.82, 2.24) is 0 Å². The molecule has 0 bridgehead atoms. The molecule has 1 rings (SSSR count). The summed E-state index contributed by atoms with van der Waals surface area (Å²) in [4.78, 5) is 0. The van der Waals surface area contributed by atoms with E-state index in [-0.39, 0.29) is 5.41 Å². The SMILES string of the molecule is CCC(C)(CC)C1=C(N)OCCO1. The average molecular weight is 185 g/mol. The molecule has 0 saturated carbocycles. The van der Waals surface area contributed by atoms with Gasteiger partial charge in [0.2, 0.25) is 5.88 Å². The van der Waals surface area contributed by atoms with E-state index in [9.17, 15) is 0 Å². The van der Waals surface area contributed by atoms with Gasteiger partial charge in [-0.05, 0) is 12.8 Å². The van der Waals surface area contributed by atoms with Crippen molar-refractivity contribution in [1.29, 1.82) is 0 Å². The minimum atomic E-state index is 0.0322. The van der Waals surface area contributed by atoms with Crippen molar-refractivity contribution >= 4 is 0 Å². The van der Waals surface area contributed by atoms with E-state index in [1.807, 2.05) is 0 Å². The number of hydrogen-bond donors (Lipinski definition) is 1. The van der Waals surface area contributed by atoms with Crippen molar-refractivity contribution in [3.8, 4) is 0 Å². The minimum Gasteiger partial charge on any atom is -0.488 e. The van der Waals surface area contributed by atoms with E-state index in [0.29, 0.717) is 19.1 Å². The van der Waals surface area contributed by atoms with Gasteiger partial charge in [0, 0.05) is 5.41 Å². The van der Waals surface area contributed by atoms with Crippen LogP contribution in [0.2, 0.25) is 0 Å². The van der Waals surface area contributed by atoms with Crippen LogP contribution in [0.1, 0.15) is 33.6 Å². The second-order valence-corrected chi connectivity index (χ2v) is 3.66. The first kappa shape index (κ1) is 10.2. The molecule has 0 unspecified atom stereocenters. The Hall–Kier alpha value is -0.860. The molecule has 0 spiro atoms. The summed E-state index contributed by atoms with van der Waals surface area (Å²) >= 11 is 0. The number of allylic oxidation sites excluding steroid dienone is 1. The summed E-state index contributed by atoms with van der Waals surface area (Å²) in [5.74, 6) is 1.31. The Kier molecular flexibility index (Phi) is 3.07. The lowest BCUT2D eigenvalue weighted by Gasteiger charge is -2.32. The topological polar surface area (TPSA) is 44.5 Å². The van der Waals surface area contributed by atoms with Crippen LogP contribution in [0.25, 0.3) is 0 Å². The molecule has 1 heterocycles. The van der Waals surface area contributed by atoms with Crippen LogP contribution in [0.4, 0.5) is 0 Å². The molecule has 0 aliphatic carbocycles. The van der Waals surface area contributed by atoms with E-state index in [1.54, 1.807) is 0 Å². The molecule has 0 aromatic rings. The maximum Gasteiger partial charge on any atom is 0.224 e. The predicted molar refractivity (Wildman–Crippen MR) is 51.8 cm³/mol. The Morgan fingerprint density at radius 3 is 2.23 bits per heavy atom. The fourth-order valence-electron chi connectivity index (χ4n) is 1.47. The standard InChI is InChI=1S/C10H19NO2/c1-4-10(3,5-2)8-9(11)13-7-6-12-8/h4-7,11H2,1-3H3. The fourth-order valence-corrected chi connectivity index (χ4v) is 1.47. The molecule has 3 heteroatoms. The monoisotopic (exact) mass is 185 g/mol. The van der Waals surface area contributed by atoms with Gasteiger partial charge >= 0.3 is 0 Å². The van der Waals surface area contributed by atoms with Gasteiger partial charge in [0.1, 0.15) is 13.2 Å². The van der Waals surface area contributed by atoms with E-state index < -0.39 is 0 Å². The maximum atomic E-state index is 5.75. The van der Waals surface area contributed by atoms with Crippen molar-refractivity contribution in [3.05, 3.63) is 11.6 Å². The van der Waals surface area contributed by atoms with Crippen LogP contribution >= 0.6 is 0 Å². The summed E-state index contributed by atoms with van der Waals surface area (Å²) in [6.07, 6.45) is 2.03. The Labute approximate surface area is 79.9 Å². The predicted octanol–water partition coefficient (Wildman–Crippen LogP) is 1.99. The van der Waals surface area contributed by atoms with E-state index in [0.717, 1.165) is 18.6 Å². The lowest BCUT2D eigenvalue weighted by atomic mass is 9.82. The molecule has 0 atom stereocenters. The van der Waals surface area contributed by atoms with Gasteiger partial charge in [-0.1, -0.05) is 20.8 Å². The Morgan fingerprint density at radius 1 is 1.23 bits per heavy atom. The molecule has 3 nitrogen and oxygen atoms in total. The summed E-state index contributed by atoms with van der Waals surface area (Å²) in [5, 5.41) is 0. The van der Waals surface area contributed by atoms with Gasteiger partial charge in [-0.25, -0.2) is 0 Å².